The van der Waals surface area contributed by atoms with E-state index in [1.54, 1.807) is 23.5 Å². The van der Waals surface area contributed by atoms with E-state index in [9.17, 15) is 9.59 Å². The molecule has 136 valence electrons. The number of aromatic nitrogens is 1. The predicted molar refractivity (Wildman–Crippen MR) is 105 cm³/mol. The maximum atomic E-state index is 12.6. The van der Waals surface area contributed by atoms with Gasteiger partial charge in [-0.25, -0.2) is 4.98 Å². The van der Waals surface area contributed by atoms with Gasteiger partial charge in [-0.1, -0.05) is 0 Å². The van der Waals surface area contributed by atoms with E-state index in [1.807, 2.05) is 19.2 Å². The van der Waals surface area contributed by atoms with Gasteiger partial charge in [-0.15, -0.1) is 23.1 Å². The maximum absolute atomic E-state index is 12.6. The number of fused-ring (bicyclic) bond motifs is 1. The van der Waals surface area contributed by atoms with Gasteiger partial charge >= 0.3 is 0 Å². The van der Waals surface area contributed by atoms with Gasteiger partial charge in [0, 0.05) is 21.5 Å². The van der Waals surface area contributed by atoms with Crippen LogP contribution >= 0.6 is 23.1 Å². The third kappa shape index (κ3) is 3.62. The molecule has 1 aromatic heterocycles. The number of carbonyl (C=O) groups is 2. The van der Waals surface area contributed by atoms with E-state index in [0.29, 0.717) is 22.3 Å². The van der Waals surface area contributed by atoms with Crippen molar-refractivity contribution in [1.82, 2.24) is 10.3 Å². The van der Waals surface area contributed by atoms with Crippen LogP contribution in [-0.2, 0) is 4.79 Å². The van der Waals surface area contributed by atoms with Crippen molar-refractivity contribution in [2.75, 3.05) is 23.7 Å². The molecule has 1 saturated heterocycles. The predicted octanol–water partition coefficient (Wildman–Crippen LogP) is 3.30. The topological polar surface area (TPSA) is 83.1 Å². The average molecular weight is 389 g/mol. The van der Waals surface area contributed by atoms with E-state index in [4.69, 9.17) is 0 Å². The Labute approximate surface area is 160 Å². The van der Waals surface area contributed by atoms with Crippen molar-refractivity contribution < 1.29 is 9.59 Å². The van der Waals surface area contributed by atoms with E-state index < -0.39 is 0 Å². The van der Waals surface area contributed by atoms with E-state index >= 15 is 0 Å². The van der Waals surface area contributed by atoms with Crippen molar-refractivity contribution in [2.24, 2.45) is 0 Å². The highest BCUT2D eigenvalue weighted by Gasteiger charge is 2.24. The molecule has 2 aliphatic rings. The second kappa shape index (κ2) is 7.38. The number of piperidine rings is 1. The van der Waals surface area contributed by atoms with Gasteiger partial charge in [-0.2, -0.15) is 0 Å². The normalized spacial score (nSPS) is 20.3. The SMILES string of the molecule is CC1Sc2ccc(C(=O)Nc3ncc(C4CCNCC4)s3)cc2NC1=O. The zero-order valence-electron chi connectivity index (χ0n) is 14.4. The van der Waals surface area contributed by atoms with Crippen molar-refractivity contribution in [1.29, 1.82) is 0 Å². The molecule has 1 fully saturated rings. The van der Waals surface area contributed by atoms with Crippen LogP contribution in [0.25, 0.3) is 0 Å². The van der Waals surface area contributed by atoms with Crippen LogP contribution in [0.1, 0.15) is 40.9 Å². The van der Waals surface area contributed by atoms with Gasteiger partial charge in [-0.05, 0) is 57.0 Å². The van der Waals surface area contributed by atoms with Gasteiger partial charge in [-0.3, -0.25) is 14.9 Å². The fourth-order valence-electron chi connectivity index (χ4n) is 3.16. The minimum Gasteiger partial charge on any atom is -0.324 e. The van der Waals surface area contributed by atoms with Crippen molar-refractivity contribution in [3.8, 4) is 0 Å². The second-order valence-electron chi connectivity index (χ2n) is 6.51. The molecule has 4 rings (SSSR count). The van der Waals surface area contributed by atoms with E-state index in [1.165, 1.54) is 16.6 Å². The lowest BCUT2D eigenvalue weighted by molar-refractivity contribution is -0.115. The zero-order valence-corrected chi connectivity index (χ0v) is 16.0. The minimum absolute atomic E-state index is 0.0356. The average Bonchev–Trinajstić information content (AvgIpc) is 3.11. The summed E-state index contributed by atoms with van der Waals surface area (Å²) in [6.45, 7) is 3.93. The third-order valence-corrected chi connectivity index (χ3v) is 6.91. The molecule has 26 heavy (non-hydrogen) atoms. The smallest absolute Gasteiger partial charge is 0.257 e. The number of nitrogens with zero attached hydrogens (tertiary/aromatic N) is 1. The Balaban J connectivity index is 1.46. The Kier molecular flexibility index (Phi) is 4.97. The molecule has 6 nitrogen and oxygen atoms in total. The number of thioether (sulfide) groups is 1. The summed E-state index contributed by atoms with van der Waals surface area (Å²) in [4.78, 5) is 31.0. The van der Waals surface area contributed by atoms with Crippen LogP contribution in [0, 0.1) is 0 Å². The van der Waals surface area contributed by atoms with E-state index in [2.05, 4.69) is 20.9 Å². The first-order valence-electron chi connectivity index (χ1n) is 8.69. The number of hydrogen-bond acceptors (Lipinski definition) is 6. The molecule has 0 saturated carbocycles. The number of carbonyl (C=O) groups excluding carboxylic acids is 2. The molecule has 1 unspecified atom stereocenters. The second-order valence-corrected chi connectivity index (χ2v) is 8.95. The summed E-state index contributed by atoms with van der Waals surface area (Å²) in [6, 6.07) is 5.39. The molecular weight excluding hydrogens is 368 g/mol. The fraction of sp³-hybridized carbons (Fsp3) is 0.389. The zero-order chi connectivity index (χ0) is 18.1. The van der Waals surface area contributed by atoms with Crippen LogP contribution in [0.3, 0.4) is 0 Å². The van der Waals surface area contributed by atoms with Crippen LogP contribution < -0.4 is 16.0 Å². The van der Waals surface area contributed by atoms with Crippen LogP contribution in [0.4, 0.5) is 10.8 Å². The molecule has 1 atom stereocenters. The first-order chi connectivity index (χ1) is 12.6. The molecular formula is C18H20N4O2S2. The highest BCUT2D eigenvalue weighted by Crippen LogP contribution is 2.36. The summed E-state index contributed by atoms with van der Waals surface area (Å²) in [5.74, 6) is 0.279. The Morgan fingerprint density at radius 3 is 2.92 bits per heavy atom. The molecule has 2 aliphatic heterocycles. The van der Waals surface area contributed by atoms with Crippen LogP contribution in [0.5, 0.6) is 0 Å². The maximum Gasteiger partial charge on any atom is 0.257 e. The third-order valence-electron chi connectivity index (χ3n) is 4.66. The molecule has 0 radical (unpaired) electrons. The van der Waals surface area contributed by atoms with E-state index in [-0.39, 0.29) is 17.1 Å². The lowest BCUT2D eigenvalue weighted by Crippen LogP contribution is -2.26. The summed E-state index contributed by atoms with van der Waals surface area (Å²) in [6.07, 6.45) is 4.09. The number of benzene rings is 1. The lowest BCUT2D eigenvalue weighted by atomic mass is 9.97. The number of amides is 2. The number of rotatable bonds is 3. The molecule has 3 heterocycles. The fourth-order valence-corrected chi connectivity index (χ4v) is 5.07. The first-order valence-corrected chi connectivity index (χ1v) is 10.4. The van der Waals surface area contributed by atoms with Crippen molar-refractivity contribution >= 4 is 45.7 Å². The number of nitrogens with one attached hydrogen (secondary N) is 3. The monoisotopic (exact) mass is 388 g/mol. The molecule has 2 aromatic rings. The van der Waals surface area contributed by atoms with Gasteiger partial charge in [0.2, 0.25) is 5.91 Å². The van der Waals surface area contributed by atoms with Crippen molar-refractivity contribution in [3.63, 3.8) is 0 Å². The molecule has 1 aromatic carbocycles. The lowest BCUT2D eigenvalue weighted by Gasteiger charge is -2.21. The molecule has 0 bridgehead atoms. The number of hydrogen-bond donors (Lipinski definition) is 3. The Morgan fingerprint density at radius 2 is 2.12 bits per heavy atom. The van der Waals surface area contributed by atoms with Gasteiger partial charge < -0.3 is 10.6 Å². The quantitative estimate of drug-likeness (QED) is 0.751. The van der Waals surface area contributed by atoms with Crippen LogP contribution in [-0.4, -0.2) is 35.1 Å². The van der Waals surface area contributed by atoms with E-state index in [0.717, 1.165) is 30.8 Å². The van der Waals surface area contributed by atoms with Gasteiger partial charge in [0.05, 0.1) is 10.9 Å². The highest BCUT2D eigenvalue weighted by molar-refractivity contribution is 8.00. The summed E-state index contributed by atoms with van der Waals surface area (Å²) in [5, 5.41) is 9.59. The molecule has 0 spiro atoms. The first kappa shape index (κ1) is 17.5. The summed E-state index contributed by atoms with van der Waals surface area (Å²) >= 11 is 3.05. The van der Waals surface area contributed by atoms with Crippen molar-refractivity contribution in [2.45, 2.75) is 35.8 Å². The number of thiazole rings is 1. The van der Waals surface area contributed by atoms with Crippen LogP contribution in [0.2, 0.25) is 0 Å². The number of anilines is 2. The standard InChI is InChI=1S/C18H20N4O2S2/c1-10-16(23)21-13-8-12(2-3-14(13)25-10)17(24)22-18-20-9-15(26-18)11-4-6-19-7-5-11/h2-3,8-11,19H,4-7H2,1H3,(H,21,23)(H,20,22,24). The van der Waals surface area contributed by atoms with Gasteiger partial charge in [0.1, 0.15) is 0 Å². The van der Waals surface area contributed by atoms with Gasteiger partial charge in [0.15, 0.2) is 5.13 Å². The largest absolute Gasteiger partial charge is 0.324 e. The Hall–Kier alpha value is -1.90. The summed E-state index contributed by atoms with van der Waals surface area (Å²) in [5.41, 5.74) is 1.21. The summed E-state index contributed by atoms with van der Waals surface area (Å²) < 4.78 is 0. The van der Waals surface area contributed by atoms with Crippen LogP contribution in [0.15, 0.2) is 29.3 Å². The summed E-state index contributed by atoms with van der Waals surface area (Å²) in [7, 11) is 0. The Bertz CT molecular complexity index is 845. The molecule has 8 heteroatoms. The Morgan fingerprint density at radius 1 is 1.31 bits per heavy atom. The molecule has 3 N–H and O–H groups in total. The molecule has 0 aliphatic carbocycles. The molecule has 2 amide bonds. The minimum atomic E-state index is -0.211. The highest BCUT2D eigenvalue weighted by atomic mass is 32.2. The van der Waals surface area contributed by atoms with Gasteiger partial charge in [0.25, 0.3) is 5.91 Å². The van der Waals surface area contributed by atoms with Crippen molar-refractivity contribution in [3.05, 3.63) is 34.8 Å².